The predicted molar refractivity (Wildman–Crippen MR) is 64.5 cm³/mol. The molecule has 2 nitrogen and oxygen atoms in total. The molecule has 1 heterocycles. The summed E-state index contributed by atoms with van der Waals surface area (Å²) in [6, 6.07) is 8.12. The minimum absolute atomic E-state index is 0.896. The van der Waals surface area contributed by atoms with E-state index in [0.717, 1.165) is 44.2 Å². The van der Waals surface area contributed by atoms with E-state index in [1.807, 2.05) is 12.1 Å². The molecule has 1 saturated heterocycles. The van der Waals surface area contributed by atoms with Gasteiger partial charge in [-0.3, -0.25) is 0 Å². The molecule has 0 aromatic heterocycles. The van der Waals surface area contributed by atoms with Gasteiger partial charge in [0.15, 0.2) is 0 Å². The van der Waals surface area contributed by atoms with Crippen molar-refractivity contribution in [2.45, 2.75) is 6.42 Å². The molecule has 0 radical (unpaired) electrons. The van der Waals surface area contributed by atoms with Gasteiger partial charge in [-0.05, 0) is 18.1 Å². The van der Waals surface area contributed by atoms with Gasteiger partial charge in [0.25, 0.3) is 0 Å². The van der Waals surface area contributed by atoms with Gasteiger partial charge < -0.3 is 10.2 Å². The van der Waals surface area contributed by atoms with E-state index < -0.39 is 0 Å². The molecule has 82 valence electrons. The number of benzene rings is 1. The molecule has 1 N–H and O–H groups in total. The molecule has 1 aliphatic rings. The van der Waals surface area contributed by atoms with Crippen LogP contribution in [0.15, 0.2) is 24.3 Å². The zero-order chi connectivity index (χ0) is 10.5. The molecule has 1 aromatic rings. The number of nitrogens with zero attached hydrogens (tertiary/aromatic N) is 1. The molecule has 0 atom stereocenters. The van der Waals surface area contributed by atoms with Crippen LogP contribution in [0.25, 0.3) is 0 Å². The molecule has 0 saturated carbocycles. The average molecular weight is 225 g/mol. The standard InChI is InChI=1S/C12H17ClN2/c13-12-4-2-1-3-11(12)5-8-15-9-6-14-7-10-15/h1-4,14H,5-10H2. The molecule has 15 heavy (non-hydrogen) atoms. The maximum atomic E-state index is 6.11. The van der Waals surface area contributed by atoms with E-state index in [2.05, 4.69) is 22.3 Å². The zero-order valence-corrected chi connectivity index (χ0v) is 9.63. The van der Waals surface area contributed by atoms with Crippen molar-refractivity contribution in [1.82, 2.24) is 10.2 Å². The SMILES string of the molecule is Clc1ccccc1CCN1CCNCC1. The lowest BCUT2D eigenvalue weighted by Crippen LogP contribution is -2.44. The zero-order valence-electron chi connectivity index (χ0n) is 8.88. The fraction of sp³-hybridized carbons (Fsp3) is 0.500. The lowest BCUT2D eigenvalue weighted by atomic mass is 10.1. The van der Waals surface area contributed by atoms with Crippen molar-refractivity contribution >= 4 is 11.6 Å². The summed E-state index contributed by atoms with van der Waals surface area (Å²) in [4.78, 5) is 2.49. The normalized spacial score (nSPS) is 17.9. The highest BCUT2D eigenvalue weighted by atomic mass is 35.5. The Labute approximate surface area is 96.2 Å². The molecule has 0 unspecified atom stereocenters. The van der Waals surface area contributed by atoms with Gasteiger partial charge in [-0.2, -0.15) is 0 Å². The van der Waals surface area contributed by atoms with E-state index in [9.17, 15) is 0 Å². The number of hydrogen-bond donors (Lipinski definition) is 1. The highest BCUT2D eigenvalue weighted by Gasteiger charge is 2.09. The van der Waals surface area contributed by atoms with Crippen LogP contribution in [0.1, 0.15) is 5.56 Å². The molecule has 0 amide bonds. The molecule has 1 aromatic carbocycles. The van der Waals surface area contributed by atoms with E-state index in [0.29, 0.717) is 0 Å². The van der Waals surface area contributed by atoms with Crippen molar-refractivity contribution in [2.24, 2.45) is 0 Å². The van der Waals surface area contributed by atoms with Gasteiger partial charge in [0, 0.05) is 37.7 Å². The molecule has 0 bridgehead atoms. The summed E-state index contributed by atoms with van der Waals surface area (Å²) < 4.78 is 0. The number of rotatable bonds is 3. The lowest BCUT2D eigenvalue weighted by Gasteiger charge is -2.27. The minimum atomic E-state index is 0.896. The van der Waals surface area contributed by atoms with Gasteiger partial charge in [0.05, 0.1) is 0 Å². The Morgan fingerprint density at radius 1 is 1.20 bits per heavy atom. The fourth-order valence-corrected chi connectivity index (χ4v) is 2.14. The third kappa shape index (κ3) is 3.20. The highest BCUT2D eigenvalue weighted by molar-refractivity contribution is 6.31. The summed E-state index contributed by atoms with van der Waals surface area (Å²) in [5.41, 5.74) is 1.26. The quantitative estimate of drug-likeness (QED) is 0.842. The number of hydrogen-bond acceptors (Lipinski definition) is 2. The largest absolute Gasteiger partial charge is 0.314 e. The van der Waals surface area contributed by atoms with Gasteiger partial charge in [-0.15, -0.1) is 0 Å². The first-order valence-electron chi connectivity index (χ1n) is 5.53. The van der Waals surface area contributed by atoms with Crippen molar-refractivity contribution in [2.75, 3.05) is 32.7 Å². The third-order valence-corrected chi connectivity index (χ3v) is 3.23. The molecule has 2 rings (SSSR count). The monoisotopic (exact) mass is 224 g/mol. The lowest BCUT2D eigenvalue weighted by molar-refractivity contribution is 0.244. The second-order valence-electron chi connectivity index (χ2n) is 3.93. The summed E-state index contributed by atoms with van der Waals surface area (Å²) >= 11 is 6.11. The molecule has 3 heteroatoms. The van der Waals surface area contributed by atoms with Gasteiger partial charge in [0.1, 0.15) is 0 Å². The number of halogens is 1. The average Bonchev–Trinajstić information content (AvgIpc) is 2.29. The van der Waals surface area contributed by atoms with Crippen molar-refractivity contribution < 1.29 is 0 Å². The summed E-state index contributed by atoms with van der Waals surface area (Å²) in [6.45, 7) is 5.66. The van der Waals surface area contributed by atoms with Crippen molar-refractivity contribution in [3.8, 4) is 0 Å². The Kier molecular flexibility index (Phi) is 4.01. The molecule has 1 aliphatic heterocycles. The van der Waals surface area contributed by atoms with Crippen LogP contribution in [0.2, 0.25) is 5.02 Å². The first-order valence-corrected chi connectivity index (χ1v) is 5.90. The van der Waals surface area contributed by atoms with Gasteiger partial charge in [0.2, 0.25) is 0 Å². The minimum Gasteiger partial charge on any atom is -0.314 e. The van der Waals surface area contributed by atoms with Crippen LogP contribution in [-0.4, -0.2) is 37.6 Å². The Balaban J connectivity index is 1.84. The second-order valence-corrected chi connectivity index (χ2v) is 4.34. The number of nitrogens with one attached hydrogen (secondary N) is 1. The van der Waals surface area contributed by atoms with Crippen LogP contribution in [0.5, 0.6) is 0 Å². The van der Waals surface area contributed by atoms with Crippen LogP contribution in [0.4, 0.5) is 0 Å². The summed E-state index contributed by atoms with van der Waals surface area (Å²) in [5.74, 6) is 0. The van der Waals surface area contributed by atoms with Crippen LogP contribution >= 0.6 is 11.6 Å². The van der Waals surface area contributed by atoms with Crippen molar-refractivity contribution in [3.05, 3.63) is 34.9 Å². The topological polar surface area (TPSA) is 15.3 Å². The van der Waals surface area contributed by atoms with Crippen LogP contribution in [0, 0.1) is 0 Å². The van der Waals surface area contributed by atoms with E-state index >= 15 is 0 Å². The fourth-order valence-electron chi connectivity index (χ4n) is 1.91. The van der Waals surface area contributed by atoms with E-state index in [1.165, 1.54) is 5.56 Å². The van der Waals surface area contributed by atoms with Gasteiger partial charge in [-0.1, -0.05) is 29.8 Å². The third-order valence-electron chi connectivity index (χ3n) is 2.86. The summed E-state index contributed by atoms with van der Waals surface area (Å²) in [6.07, 6.45) is 1.06. The molecular weight excluding hydrogens is 208 g/mol. The second kappa shape index (κ2) is 5.50. The summed E-state index contributed by atoms with van der Waals surface area (Å²) in [7, 11) is 0. The maximum Gasteiger partial charge on any atom is 0.0438 e. The van der Waals surface area contributed by atoms with Crippen LogP contribution < -0.4 is 5.32 Å². The Morgan fingerprint density at radius 3 is 2.67 bits per heavy atom. The molecule has 0 spiro atoms. The molecule has 1 fully saturated rings. The van der Waals surface area contributed by atoms with Gasteiger partial charge >= 0.3 is 0 Å². The van der Waals surface area contributed by atoms with E-state index in [1.54, 1.807) is 0 Å². The van der Waals surface area contributed by atoms with Crippen LogP contribution in [0.3, 0.4) is 0 Å². The molecule has 0 aliphatic carbocycles. The highest BCUT2D eigenvalue weighted by Crippen LogP contribution is 2.15. The Hall–Kier alpha value is -0.570. The predicted octanol–water partition coefficient (Wildman–Crippen LogP) is 1.79. The summed E-state index contributed by atoms with van der Waals surface area (Å²) in [5, 5.41) is 4.25. The first-order chi connectivity index (χ1) is 7.36. The smallest absolute Gasteiger partial charge is 0.0438 e. The maximum absolute atomic E-state index is 6.11. The number of piperazine rings is 1. The Morgan fingerprint density at radius 2 is 1.93 bits per heavy atom. The van der Waals surface area contributed by atoms with Crippen molar-refractivity contribution in [1.29, 1.82) is 0 Å². The molecular formula is C12H17ClN2. The first kappa shape index (κ1) is 10.9. The van der Waals surface area contributed by atoms with Crippen LogP contribution in [-0.2, 0) is 6.42 Å². The van der Waals surface area contributed by atoms with E-state index in [-0.39, 0.29) is 0 Å². The van der Waals surface area contributed by atoms with Gasteiger partial charge in [-0.25, -0.2) is 0 Å². The van der Waals surface area contributed by atoms with E-state index in [4.69, 9.17) is 11.6 Å². The van der Waals surface area contributed by atoms with Crippen molar-refractivity contribution in [3.63, 3.8) is 0 Å². The Bertz CT molecular complexity index is 308.